The normalized spacial score (nSPS) is 14.1. The van der Waals surface area contributed by atoms with Gasteiger partial charge in [-0.05, 0) is 97.0 Å². The fourth-order valence-electron chi connectivity index (χ4n) is 11.2. The van der Waals surface area contributed by atoms with E-state index in [-0.39, 0.29) is 93.5 Å². The topological polar surface area (TPSA) is 512 Å². The number of phenolic OH excluding ortho intramolecular Hbond substituents is 2. The fourth-order valence-corrected chi connectivity index (χ4v) is 11.2. The summed E-state index contributed by atoms with van der Waals surface area (Å²) >= 11 is 0. The number of ketones is 4. The number of aromatic amines is 1. The number of aromatic hydroxyl groups is 2. The predicted octanol–water partition coefficient (Wildman–Crippen LogP) is 0.710. The number of amides is 7. The average molecular weight is 1340 g/mol. The summed E-state index contributed by atoms with van der Waals surface area (Å²) in [4.78, 5) is 158. The zero-order chi connectivity index (χ0) is 70.9. The van der Waals surface area contributed by atoms with Crippen molar-refractivity contribution in [2.75, 3.05) is 13.2 Å². The Bertz CT molecular complexity index is 3740. The van der Waals surface area contributed by atoms with E-state index >= 15 is 0 Å². The molecule has 7 amide bonds. The Labute approximate surface area is 559 Å². The van der Waals surface area contributed by atoms with Gasteiger partial charge in [0.15, 0.2) is 29.1 Å². The van der Waals surface area contributed by atoms with Crippen molar-refractivity contribution >= 4 is 81.3 Å². The van der Waals surface area contributed by atoms with Crippen molar-refractivity contribution in [3.05, 3.63) is 143 Å². The number of nitrogens with two attached hydrogens (primary N) is 6. The number of H-pyrrole nitrogens is 1. The van der Waals surface area contributed by atoms with Gasteiger partial charge in [-0.25, -0.2) is 4.68 Å². The van der Waals surface area contributed by atoms with Crippen LogP contribution in [-0.2, 0) is 85.0 Å². The number of guanidine groups is 1. The van der Waals surface area contributed by atoms with Crippen molar-refractivity contribution in [3.63, 3.8) is 0 Å². The van der Waals surface area contributed by atoms with Crippen LogP contribution in [0.25, 0.3) is 10.9 Å². The Hall–Kier alpha value is -10.7. The van der Waals surface area contributed by atoms with Gasteiger partial charge < -0.3 is 76.0 Å². The van der Waals surface area contributed by atoms with Gasteiger partial charge in [-0.3, -0.25) is 57.7 Å². The summed E-state index contributed by atoms with van der Waals surface area (Å²) < 4.78 is 1.29. The monoisotopic (exact) mass is 1340 g/mol. The first-order chi connectivity index (χ1) is 46.2. The quantitative estimate of drug-likeness (QED) is 0.0143. The number of rotatable bonds is 42. The van der Waals surface area contributed by atoms with Crippen LogP contribution in [0.5, 0.6) is 11.5 Å². The number of nitrogens with zero attached hydrogens (tertiary/aromatic N) is 4. The number of aliphatic hydroxyl groups is 1. The minimum Gasteiger partial charge on any atom is -0.508 e. The second-order valence-electron chi connectivity index (χ2n) is 24.7. The average Bonchev–Trinajstić information content (AvgIpc) is 1.76. The van der Waals surface area contributed by atoms with E-state index in [1.807, 2.05) is 13.8 Å². The summed E-state index contributed by atoms with van der Waals surface area (Å²) in [5.41, 5.74) is 37.5. The molecule has 0 aliphatic carbocycles. The number of carbonyl (C=O) groups excluding carboxylic acids is 11. The fraction of sp³-hybridized carbons (Fsp3) is 0.412. The molecular weight excluding hydrogens is 1250 g/mol. The van der Waals surface area contributed by atoms with Crippen LogP contribution in [0.4, 0.5) is 0 Å². The number of para-hydroxylation sites is 1. The molecule has 0 aliphatic rings. The van der Waals surface area contributed by atoms with Gasteiger partial charge in [-0.2, -0.15) is 0 Å². The number of hydrogen-bond donors (Lipinski definition) is 14. The van der Waals surface area contributed by atoms with Gasteiger partial charge in [-0.1, -0.05) is 91.9 Å². The predicted molar refractivity (Wildman–Crippen MR) is 356 cm³/mol. The van der Waals surface area contributed by atoms with Gasteiger partial charge in [0.1, 0.15) is 29.3 Å². The molecule has 20 N–H and O–H groups in total. The van der Waals surface area contributed by atoms with Crippen LogP contribution in [0, 0.1) is 29.6 Å². The number of aliphatic hydroxyl groups excluding tert-OH is 1. The molecule has 97 heavy (non-hydrogen) atoms. The molecule has 29 nitrogen and oxygen atoms in total. The van der Waals surface area contributed by atoms with E-state index in [9.17, 15) is 68.1 Å². The molecule has 0 saturated carbocycles. The Morgan fingerprint density at radius 2 is 1.08 bits per heavy atom. The first-order valence-corrected chi connectivity index (χ1v) is 31.8. The molecule has 0 spiro atoms. The van der Waals surface area contributed by atoms with Crippen molar-refractivity contribution in [1.29, 1.82) is 0 Å². The zero-order valence-corrected chi connectivity index (χ0v) is 54.1. The summed E-state index contributed by atoms with van der Waals surface area (Å²) in [7, 11) is 0. The number of hydrogen-bond acceptors (Lipinski definition) is 18. The molecule has 0 saturated heterocycles. The second kappa shape index (κ2) is 36.8. The largest absolute Gasteiger partial charge is 0.508 e. The third-order valence-corrected chi connectivity index (χ3v) is 16.4. The lowest BCUT2D eigenvalue weighted by Crippen LogP contribution is -2.50. The minimum absolute atomic E-state index is 0.00769. The Balaban J connectivity index is 1.16. The molecule has 0 radical (unpaired) electrons. The van der Waals surface area contributed by atoms with Crippen molar-refractivity contribution in [2.45, 2.75) is 134 Å². The molecule has 2 aromatic heterocycles. The van der Waals surface area contributed by atoms with E-state index in [0.29, 0.717) is 33.2 Å². The highest BCUT2D eigenvalue weighted by Crippen LogP contribution is 2.25. The van der Waals surface area contributed by atoms with Crippen molar-refractivity contribution in [1.82, 2.24) is 41.2 Å². The molecule has 0 fully saturated rings. The number of aromatic nitrogens is 4. The number of aliphatic imine (C=N–C) groups is 1. The molecule has 518 valence electrons. The van der Waals surface area contributed by atoms with E-state index in [1.165, 1.54) is 35.1 Å². The van der Waals surface area contributed by atoms with Crippen LogP contribution in [0.3, 0.4) is 0 Å². The Kier molecular flexibility index (Phi) is 28.6. The second-order valence-corrected chi connectivity index (χ2v) is 24.7. The SMILES string of the molecule is CC(C)C[C@@H](C(=O)N[C@@H](CCCN=C(N)N)C(=O)C[C@@H](Cc1ccc(O)cc1)C(N)=O)n1cc(CNC(=O)[C@@H](CC(=O)[C@H](CO)NC(=O)[C@H](CC(N)=O)CC(=O)[C@H](Cc2c[nH]c3ccccc23)NC(=O)[C@H](CC(N)=O)CC(=O)[C@@H](N)Cc2ccc(O)cc2)Cc2ccccc2)nn1. The first kappa shape index (κ1) is 75.3. The highest BCUT2D eigenvalue weighted by molar-refractivity contribution is 5.99. The maximum absolute atomic E-state index is 14.6. The van der Waals surface area contributed by atoms with Gasteiger partial charge in [0, 0.05) is 80.4 Å². The molecule has 6 aromatic rings. The summed E-state index contributed by atoms with van der Waals surface area (Å²) in [5.74, 6) is -14.0. The van der Waals surface area contributed by atoms with Crippen molar-refractivity contribution < 1.29 is 68.1 Å². The van der Waals surface area contributed by atoms with Crippen molar-refractivity contribution in [3.8, 4) is 11.5 Å². The molecular formula is C68H87N15O14. The van der Waals surface area contributed by atoms with Gasteiger partial charge in [0.2, 0.25) is 41.4 Å². The molecule has 2 heterocycles. The number of carbonyl (C=O) groups is 11. The van der Waals surface area contributed by atoms with Crippen LogP contribution < -0.4 is 55.7 Å². The van der Waals surface area contributed by atoms with Gasteiger partial charge >= 0.3 is 0 Å². The number of benzene rings is 4. The minimum atomic E-state index is -1.69. The Morgan fingerprint density at radius 1 is 0.567 bits per heavy atom. The molecule has 9 atom stereocenters. The van der Waals surface area contributed by atoms with Crippen LogP contribution in [0.1, 0.15) is 106 Å². The van der Waals surface area contributed by atoms with E-state index in [1.54, 1.807) is 85.1 Å². The van der Waals surface area contributed by atoms with Gasteiger partial charge in [0.25, 0.3) is 0 Å². The van der Waals surface area contributed by atoms with E-state index in [2.05, 4.69) is 41.6 Å². The molecule has 6 rings (SSSR count). The third-order valence-electron chi connectivity index (χ3n) is 16.4. The third kappa shape index (κ3) is 24.2. The lowest BCUT2D eigenvalue weighted by atomic mass is 9.89. The standard InChI is InChI=1S/C68H87N15O14/c1-38(2)23-56(67(97)78-53(13-8-22-75-68(73)74)58(88)28-42(63(72)93)24-40-14-18-48(85)19-15-40)83-36-47(81-82-83)35-77-64(94)43(25-39-9-4-3-5-10-39)30-60(90)55(37-84)80-66(96)45(33-62(71)92)31-59(89)54(27-46-34-76-52-12-7-6-11-50(46)52)79-65(95)44(32-61(70)91)29-57(87)51(69)26-41-16-20-49(86)21-17-41/h3-7,9-12,14-21,34,36,38,42-45,51,53-56,76,84-86H,8,13,22-33,35,37,69H2,1-2H3,(H2,70,91)(H2,71,92)(H2,72,93)(H,77,94)(H,78,97)(H,79,95)(H,80,96)(H4,73,74,75)/t42-,43-,44+,45+,51+,53+,54+,55+,56+/m1/s1. The lowest BCUT2D eigenvalue weighted by molar-refractivity contribution is -0.137. The molecule has 0 aliphatic heterocycles. The maximum Gasteiger partial charge on any atom is 0.245 e. The van der Waals surface area contributed by atoms with Crippen LogP contribution >= 0.6 is 0 Å². The van der Waals surface area contributed by atoms with E-state index in [4.69, 9.17) is 34.4 Å². The summed E-state index contributed by atoms with van der Waals surface area (Å²) in [5, 5.41) is 49.9. The van der Waals surface area contributed by atoms with Gasteiger partial charge in [0.05, 0.1) is 49.3 Å². The number of Topliss-reactive ketones (excluding diaryl/α,β-unsaturated/α-hetero) is 4. The van der Waals surface area contributed by atoms with Gasteiger partial charge in [-0.15, -0.1) is 5.10 Å². The molecule has 29 heteroatoms. The highest BCUT2D eigenvalue weighted by atomic mass is 16.3. The highest BCUT2D eigenvalue weighted by Gasteiger charge is 2.36. The molecule has 0 bridgehead atoms. The Morgan fingerprint density at radius 3 is 1.67 bits per heavy atom. The number of fused-ring (bicyclic) bond motifs is 1. The van der Waals surface area contributed by atoms with E-state index < -0.39 is 157 Å². The van der Waals surface area contributed by atoms with Crippen LogP contribution in [0.15, 0.2) is 121 Å². The van der Waals surface area contributed by atoms with E-state index in [0.717, 1.165) is 0 Å². The zero-order valence-electron chi connectivity index (χ0n) is 54.1. The number of phenols is 2. The summed E-state index contributed by atoms with van der Waals surface area (Å²) in [6, 6.07) is 21.3. The summed E-state index contributed by atoms with van der Waals surface area (Å²) in [6.07, 6.45) is -0.0621. The molecule has 4 aromatic carbocycles. The van der Waals surface area contributed by atoms with Crippen molar-refractivity contribution in [2.24, 2.45) is 69.0 Å². The lowest BCUT2D eigenvalue weighted by Gasteiger charge is -2.25. The first-order valence-electron chi connectivity index (χ1n) is 31.8. The number of primary amides is 3. The molecule has 0 unspecified atom stereocenters. The van der Waals surface area contributed by atoms with Crippen LogP contribution in [-0.4, -0.2) is 143 Å². The smallest absolute Gasteiger partial charge is 0.245 e. The summed E-state index contributed by atoms with van der Waals surface area (Å²) in [6.45, 7) is 2.61. The van der Waals surface area contributed by atoms with Crippen LogP contribution in [0.2, 0.25) is 0 Å². The maximum atomic E-state index is 14.6. The number of nitrogens with one attached hydrogen (secondary N) is 5.